The smallest absolute Gasteiger partial charge is 0.235 e. The predicted octanol–water partition coefficient (Wildman–Crippen LogP) is 3.98. The van der Waals surface area contributed by atoms with Gasteiger partial charge in [0.2, 0.25) is 6.20 Å². The first-order chi connectivity index (χ1) is 12.2. The molecule has 0 amide bonds. The maximum atomic E-state index is 10.6. The van der Waals surface area contributed by atoms with Crippen LogP contribution in [0.1, 0.15) is 5.56 Å². The van der Waals surface area contributed by atoms with E-state index in [1.807, 2.05) is 59.3 Å². The van der Waals surface area contributed by atoms with Gasteiger partial charge in [-0.15, -0.1) is 0 Å². The number of hydrogen-bond acceptors (Lipinski definition) is 4. The molecule has 6 heteroatoms. The molecule has 0 spiro atoms. The average molecular weight is 338 g/mol. The van der Waals surface area contributed by atoms with E-state index in [1.54, 1.807) is 7.11 Å². The van der Waals surface area contributed by atoms with Gasteiger partial charge in [0.1, 0.15) is 6.61 Å². The molecule has 0 bridgehead atoms. The molecule has 25 heavy (non-hydrogen) atoms. The molecule has 1 heterocycles. The first-order valence-electron chi connectivity index (χ1n) is 7.84. The number of nitrogens with zero attached hydrogens (tertiary/aromatic N) is 2. The van der Waals surface area contributed by atoms with Crippen LogP contribution in [0.2, 0.25) is 0 Å². The summed E-state index contributed by atoms with van der Waals surface area (Å²) in [5, 5.41) is 11.6. The highest BCUT2D eigenvalue weighted by Crippen LogP contribution is 2.26. The van der Waals surface area contributed by atoms with Crippen molar-refractivity contribution in [3.05, 3.63) is 76.6 Å². The Labute approximate surface area is 145 Å². The first-order valence-corrected chi connectivity index (χ1v) is 7.84. The SMILES string of the molecule is COc1ccccc1OCCn1cc(/C=C/[N+](=O)[O-])c2ccccc21. The zero-order chi connectivity index (χ0) is 17.6. The van der Waals surface area contributed by atoms with Crippen molar-refractivity contribution in [2.45, 2.75) is 6.54 Å². The maximum Gasteiger partial charge on any atom is 0.235 e. The number of nitro groups is 1. The van der Waals surface area contributed by atoms with Crippen LogP contribution in [0.3, 0.4) is 0 Å². The minimum absolute atomic E-state index is 0.456. The molecule has 0 unspecified atom stereocenters. The highest BCUT2D eigenvalue weighted by molar-refractivity contribution is 5.89. The fourth-order valence-electron chi connectivity index (χ4n) is 2.73. The van der Waals surface area contributed by atoms with E-state index >= 15 is 0 Å². The highest BCUT2D eigenvalue weighted by atomic mass is 16.6. The van der Waals surface area contributed by atoms with Gasteiger partial charge in [-0.25, -0.2) is 0 Å². The van der Waals surface area contributed by atoms with Gasteiger partial charge in [0.25, 0.3) is 0 Å². The summed E-state index contributed by atoms with van der Waals surface area (Å²) in [5.74, 6) is 1.38. The summed E-state index contributed by atoms with van der Waals surface area (Å²) in [6, 6.07) is 15.3. The second-order valence-corrected chi connectivity index (χ2v) is 5.40. The van der Waals surface area contributed by atoms with Crippen LogP contribution >= 0.6 is 0 Å². The third-order valence-corrected chi connectivity index (χ3v) is 3.85. The van der Waals surface area contributed by atoms with Crippen molar-refractivity contribution < 1.29 is 14.4 Å². The van der Waals surface area contributed by atoms with Crippen molar-refractivity contribution in [1.29, 1.82) is 0 Å². The van der Waals surface area contributed by atoms with Crippen molar-refractivity contribution in [2.75, 3.05) is 13.7 Å². The van der Waals surface area contributed by atoms with Crippen LogP contribution in [0.5, 0.6) is 11.5 Å². The molecule has 2 aromatic carbocycles. The standard InChI is InChI=1S/C19H18N2O4/c1-24-18-8-4-5-9-19(18)25-13-12-20-14-15(10-11-21(22)23)16-6-2-3-7-17(16)20/h2-11,14H,12-13H2,1H3/b11-10+. The normalized spacial score (nSPS) is 11.1. The van der Waals surface area contributed by atoms with Crippen LogP contribution < -0.4 is 9.47 Å². The average Bonchev–Trinajstić information content (AvgIpc) is 2.98. The molecule has 0 aliphatic heterocycles. The third-order valence-electron chi connectivity index (χ3n) is 3.85. The lowest BCUT2D eigenvalue weighted by atomic mass is 10.2. The van der Waals surface area contributed by atoms with Crippen molar-refractivity contribution in [3.63, 3.8) is 0 Å². The molecule has 0 radical (unpaired) electrons. The lowest BCUT2D eigenvalue weighted by Gasteiger charge is -2.11. The molecule has 128 valence electrons. The molecule has 0 saturated heterocycles. The number of fused-ring (bicyclic) bond motifs is 1. The van der Waals surface area contributed by atoms with Gasteiger partial charge >= 0.3 is 0 Å². The van der Waals surface area contributed by atoms with Crippen LogP contribution in [0.25, 0.3) is 17.0 Å². The summed E-state index contributed by atoms with van der Waals surface area (Å²) in [6.07, 6.45) is 4.37. The monoisotopic (exact) mass is 338 g/mol. The minimum Gasteiger partial charge on any atom is -0.493 e. The summed E-state index contributed by atoms with van der Waals surface area (Å²) in [7, 11) is 1.61. The van der Waals surface area contributed by atoms with Gasteiger partial charge in [-0.05, 0) is 18.2 Å². The summed E-state index contributed by atoms with van der Waals surface area (Å²) in [5.41, 5.74) is 1.82. The number of para-hydroxylation sites is 3. The molecule has 1 aromatic heterocycles. The Morgan fingerprint density at radius 3 is 2.60 bits per heavy atom. The number of ether oxygens (including phenoxy) is 2. The van der Waals surface area contributed by atoms with E-state index in [-0.39, 0.29) is 0 Å². The van der Waals surface area contributed by atoms with Crippen molar-refractivity contribution in [1.82, 2.24) is 4.57 Å². The molecular weight excluding hydrogens is 320 g/mol. The molecule has 6 nitrogen and oxygen atoms in total. The fourth-order valence-corrected chi connectivity index (χ4v) is 2.73. The van der Waals surface area contributed by atoms with Crippen LogP contribution in [0, 0.1) is 10.1 Å². The quantitative estimate of drug-likeness (QED) is 0.483. The molecule has 0 atom stereocenters. The molecule has 0 aliphatic carbocycles. The van der Waals surface area contributed by atoms with Crippen LogP contribution in [-0.2, 0) is 6.54 Å². The summed E-state index contributed by atoms with van der Waals surface area (Å²) < 4.78 is 13.1. The molecule has 3 aromatic rings. The lowest BCUT2D eigenvalue weighted by Crippen LogP contribution is -2.07. The van der Waals surface area contributed by atoms with Gasteiger partial charge in [0.15, 0.2) is 11.5 Å². The van der Waals surface area contributed by atoms with E-state index in [4.69, 9.17) is 9.47 Å². The molecule has 0 N–H and O–H groups in total. The second-order valence-electron chi connectivity index (χ2n) is 5.40. The Morgan fingerprint density at radius 2 is 1.84 bits per heavy atom. The van der Waals surface area contributed by atoms with Gasteiger partial charge in [-0.2, -0.15) is 0 Å². The van der Waals surface area contributed by atoms with Gasteiger partial charge in [0, 0.05) is 28.7 Å². The van der Waals surface area contributed by atoms with Gasteiger partial charge in [0.05, 0.1) is 18.6 Å². The Bertz CT molecular complexity index is 915. The largest absolute Gasteiger partial charge is 0.493 e. The Kier molecular flexibility index (Phi) is 4.99. The molecule has 0 aliphatic rings. The Balaban J connectivity index is 1.78. The van der Waals surface area contributed by atoms with Crippen molar-refractivity contribution in [3.8, 4) is 11.5 Å². The second kappa shape index (κ2) is 7.53. The van der Waals surface area contributed by atoms with Crippen molar-refractivity contribution >= 4 is 17.0 Å². The number of aromatic nitrogens is 1. The molecule has 0 fully saturated rings. The third kappa shape index (κ3) is 3.80. The predicted molar refractivity (Wildman–Crippen MR) is 96.5 cm³/mol. The highest BCUT2D eigenvalue weighted by Gasteiger charge is 2.08. The summed E-state index contributed by atoms with van der Waals surface area (Å²) >= 11 is 0. The number of benzene rings is 2. The van der Waals surface area contributed by atoms with E-state index in [2.05, 4.69) is 0 Å². The minimum atomic E-state index is -0.461. The lowest BCUT2D eigenvalue weighted by molar-refractivity contribution is -0.400. The molecular formula is C19H18N2O4. The van der Waals surface area contributed by atoms with E-state index in [0.717, 1.165) is 22.7 Å². The maximum absolute atomic E-state index is 10.6. The number of hydrogen-bond donors (Lipinski definition) is 0. The first kappa shape index (κ1) is 16.6. The zero-order valence-electron chi connectivity index (χ0n) is 13.8. The number of rotatable bonds is 7. The molecule has 0 saturated carbocycles. The Hall–Kier alpha value is -3.28. The van der Waals surface area contributed by atoms with Crippen LogP contribution in [0.15, 0.2) is 60.9 Å². The number of methoxy groups -OCH3 is 1. The van der Waals surface area contributed by atoms with E-state index in [0.29, 0.717) is 24.7 Å². The Morgan fingerprint density at radius 1 is 1.12 bits per heavy atom. The topological polar surface area (TPSA) is 66.5 Å². The van der Waals surface area contributed by atoms with Crippen molar-refractivity contribution in [2.24, 2.45) is 0 Å². The van der Waals surface area contributed by atoms with E-state index in [1.165, 1.54) is 6.08 Å². The van der Waals surface area contributed by atoms with Gasteiger partial charge in [-0.1, -0.05) is 30.3 Å². The van der Waals surface area contributed by atoms with Gasteiger partial charge < -0.3 is 14.0 Å². The fraction of sp³-hybridized carbons (Fsp3) is 0.158. The molecule has 3 rings (SSSR count). The summed E-state index contributed by atoms with van der Waals surface area (Å²) in [4.78, 5) is 10.1. The van der Waals surface area contributed by atoms with E-state index in [9.17, 15) is 10.1 Å². The van der Waals surface area contributed by atoms with Gasteiger partial charge in [-0.3, -0.25) is 10.1 Å². The van der Waals surface area contributed by atoms with Crippen LogP contribution in [-0.4, -0.2) is 23.2 Å². The zero-order valence-corrected chi connectivity index (χ0v) is 13.8. The van der Waals surface area contributed by atoms with E-state index < -0.39 is 4.92 Å². The summed E-state index contributed by atoms with van der Waals surface area (Å²) in [6.45, 7) is 1.07. The van der Waals surface area contributed by atoms with Crippen LogP contribution in [0.4, 0.5) is 0 Å².